The first-order valence-corrected chi connectivity index (χ1v) is 7.15. The van der Waals surface area contributed by atoms with E-state index in [1.54, 1.807) is 12.1 Å². The number of nitrogens with zero attached hydrogens (tertiary/aromatic N) is 2. The number of hydrazine groups is 1. The maximum atomic E-state index is 11.9. The van der Waals surface area contributed by atoms with Gasteiger partial charge in [0.15, 0.2) is 0 Å². The van der Waals surface area contributed by atoms with E-state index in [4.69, 9.17) is 0 Å². The van der Waals surface area contributed by atoms with Crippen molar-refractivity contribution in [3.05, 3.63) is 66.2 Å². The van der Waals surface area contributed by atoms with E-state index in [9.17, 15) is 4.79 Å². The van der Waals surface area contributed by atoms with Gasteiger partial charge in [0.2, 0.25) is 5.13 Å². The second-order valence-corrected chi connectivity index (χ2v) is 5.20. The van der Waals surface area contributed by atoms with Crippen LogP contribution in [-0.2, 0) is 0 Å². The second-order valence-electron chi connectivity index (χ2n) is 4.22. The molecule has 3 rings (SSSR count). The fraction of sp³-hybridized carbons (Fsp3) is 0. The summed E-state index contributed by atoms with van der Waals surface area (Å²) in [6.45, 7) is 0. The van der Waals surface area contributed by atoms with Crippen molar-refractivity contribution >= 4 is 22.4 Å². The van der Waals surface area contributed by atoms with Crippen molar-refractivity contribution in [1.82, 2.24) is 15.6 Å². The van der Waals surface area contributed by atoms with Gasteiger partial charge in [-0.15, -0.1) is 10.2 Å². The van der Waals surface area contributed by atoms with Gasteiger partial charge in [0.1, 0.15) is 5.01 Å². The molecule has 0 aliphatic rings. The molecule has 3 aromatic rings. The minimum absolute atomic E-state index is 0.216. The Morgan fingerprint density at radius 3 is 2.29 bits per heavy atom. The Bertz CT molecular complexity index is 728. The Kier molecular flexibility index (Phi) is 3.88. The molecule has 6 heteroatoms. The second kappa shape index (κ2) is 6.15. The molecule has 0 radical (unpaired) electrons. The summed E-state index contributed by atoms with van der Waals surface area (Å²) in [6, 6.07) is 18.7. The van der Waals surface area contributed by atoms with Gasteiger partial charge in [0, 0.05) is 11.1 Å². The van der Waals surface area contributed by atoms with Crippen LogP contribution in [0.2, 0.25) is 0 Å². The summed E-state index contributed by atoms with van der Waals surface area (Å²) in [7, 11) is 0. The fourth-order valence-electron chi connectivity index (χ4n) is 1.74. The van der Waals surface area contributed by atoms with Crippen LogP contribution in [0.4, 0.5) is 5.13 Å². The lowest BCUT2D eigenvalue weighted by atomic mass is 10.2. The van der Waals surface area contributed by atoms with Crippen LogP contribution >= 0.6 is 11.3 Å². The minimum atomic E-state index is -0.216. The molecule has 5 nitrogen and oxygen atoms in total. The number of rotatable bonds is 4. The van der Waals surface area contributed by atoms with Crippen LogP contribution in [0.15, 0.2) is 60.7 Å². The van der Waals surface area contributed by atoms with Crippen molar-refractivity contribution in [3.8, 4) is 10.6 Å². The highest BCUT2D eigenvalue weighted by atomic mass is 32.1. The lowest BCUT2D eigenvalue weighted by molar-refractivity contribution is 0.0962. The van der Waals surface area contributed by atoms with Crippen molar-refractivity contribution in [3.63, 3.8) is 0 Å². The highest BCUT2D eigenvalue weighted by Crippen LogP contribution is 2.25. The summed E-state index contributed by atoms with van der Waals surface area (Å²) >= 11 is 1.38. The average molecular weight is 296 g/mol. The molecule has 1 heterocycles. The number of hydrogen-bond acceptors (Lipinski definition) is 5. The van der Waals surface area contributed by atoms with Gasteiger partial charge < -0.3 is 0 Å². The van der Waals surface area contributed by atoms with Crippen molar-refractivity contribution in [2.24, 2.45) is 0 Å². The van der Waals surface area contributed by atoms with Crippen LogP contribution in [0.3, 0.4) is 0 Å². The summed E-state index contributed by atoms with van der Waals surface area (Å²) in [4.78, 5) is 11.9. The molecule has 0 saturated heterocycles. The Labute approximate surface area is 125 Å². The van der Waals surface area contributed by atoms with Gasteiger partial charge in [-0.1, -0.05) is 59.9 Å². The average Bonchev–Trinajstić information content (AvgIpc) is 3.03. The zero-order valence-corrected chi connectivity index (χ0v) is 11.8. The number of amides is 1. The molecule has 0 bridgehead atoms. The Balaban J connectivity index is 1.64. The maximum Gasteiger partial charge on any atom is 0.269 e. The van der Waals surface area contributed by atoms with E-state index < -0.39 is 0 Å². The van der Waals surface area contributed by atoms with Crippen LogP contribution in [0.5, 0.6) is 0 Å². The van der Waals surface area contributed by atoms with Gasteiger partial charge in [-0.25, -0.2) is 0 Å². The van der Waals surface area contributed by atoms with E-state index >= 15 is 0 Å². The monoisotopic (exact) mass is 296 g/mol. The molecule has 0 fully saturated rings. The summed E-state index contributed by atoms with van der Waals surface area (Å²) in [5.41, 5.74) is 6.96. The Hall–Kier alpha value is -2.73. The minimum Gasteiger partial charge on any atom is -0.271 e. The first kappa shape index (κ1) is 13.3. The van der Waals surface area contributed by atoms with Crippen molar-refractivity contribution in [2.45, 2.75) is 0 Å². The first-order chi connectivity index (χ1) is 10.3. The third-order valence-corrected chi connectivity index (χ3v) is 3.65. The SMILES string of the molecule is O=C(NNc1nnc(-c2ccccc2)s1)c1ccccc1. The van der Waals surface area contributed by atoms with E-state index in [1.165, 1.54) is 11.3 Å². The predicted octanol–water partition coefficient (Wildman–Crippen LogP) is 2.96. The van der Waals surface area contributed by atoms with Crippen LogP contribution in [0, 0.1) is 0 Å². The standard InChI is InChI=1S/C15H12N4OS/c20-13(11-7-3-1-4-8-11)16-18-15-19-17-14(21-15)12-9-5-2-6-10-12/h1-10H,(H,16,20)(H,18,19). The summed E-state index contributed by atoms with van der Waals surface area (Å²) in [6.07, 6.45) is 0. The van der Waals surface area contributed by atoms with Gasteiger partial charge in [0.05, 0.1) is 0 Å². The van der Waals surface area contributed by atoms with Crippen LogP contribution < -0.4 is 10.9 Å². The third-order valence-electron chi connectivity index (χ3n) is 2.76. The lowest BCUT2D eigenvalue weighted by Crippen LogP contribution is -2.29. The van der Waals surface area contributed by atoms with E-state index in [0.29, 0.717) is 10.7 Å². The number of anilines is 1. The molecule has 1 aromatic heterocycles. The summed E-state index contributed by atoms with van der Waals surface area (Å²) in [5, 5.41) is 9.43. The Morgan fingerprint density at radius 2 is 1.57 bits per heavy atom. The highest BCUT2D eigenvalue weighted by molar-refractivity contribution is 7.18. The largest absolute Gasteiger partial charge is 0.271 e. The first-order valence-electron chi connectivity index (χ1n) is 6.33. The highest BCUT2D eigenvalue weighted by Gasteiger charge is 2.08. The van der Waals surface area contributed by atoms with Crippen molar-refractivity contribution in [2.75, 3.05) is 5.43 Å². The molecule has 0 atom stereocenters. The topological polar surface area (TPSA) is 66.9 Å². The molecule has 2 aromatic carbocycles. The zero-order chi connectivity index (χ0) is 14.5. The summed E-state index contributed by atoms with van der Waals surface area (Å²) < 4.78 is 0. The molecule has 0 aliphatic heterocycles. The smallest absolute Gasteiger partial charge is 0.269 e. The maximum absolute atomic E-state index is 11.9. The number of benzene rings is 2. The molecule has 0 saturated carbocycles. The van der Waals surface area contributed by atoms with Gasteiger partial charge in [-0.3, -0.25) is 15.6 Å². The Morgan fingerprint density at radius 1 is 0.905 bits per heavy atom. The van der Waals surface area contributed by atoms with Crippen molar-refractivity contribution < 1.29 is 4.79 Å². The van der Waals surface area contributed by atoms with E-state index in [0.717, 1.165) is 10.6 Å². The molecule has 2 N–H and O–H groups in total. The van der Waals surface area contributed by atoms with Crippen LogP contribution in [0.25, 0.3) is 10.6 Å². The molecule has 104 valence electrons. The molecule has 1 amide bonds. The lowest BCUT2D eigenvalue weighted by Gasteiger charge is -2.04. The number of aromatic nitrogens is 2. The van der Waals surface area contributed by atoms with Gasteiger partial charge in [-0.2, -0.15) is 0 Å². The third kappa shape index (κ3) is 3.24. The number of nitrogens with one attached hydrogen (secondary N) is 2. The van der Waals surface area contributed by atoms with E-state index in [2.05, 4.69) is 21.0 Å². The quantitative estimate of drug-likeness (QED) is 0.726. The number of carbonyl (C=O) groups excluding carboxylic acids is 1. The predicted molar refractivity (Wildman–Crippen MR) is 82.9 cm³/mol. The summed E-state index contributed by atoms with van der Waals surface area (Å²) in [5.74, 6) is -0.216. The number of hydrogen-bond donors (Lipinski definition) is 2. The van der Waals surface area contributed by atoms with Gasteiger partial charge >= 0.3 is 0 Å². The normalized spacial score (nSPS) is 10.1. The fourth-order valence-corrected chi connectivity index (χ4v) is 2.45. The van der Waals surface area contributed by atoms with Gasteiger partial charge in [0.25, 0.3) is 5.91 Å². The molecule has 0 aliphatic carbocycles. The van der Waals surface area contributed by atoms with Crippen molar-refractivity contribution in [1.29, 1.82) is 0 Å². The van der Waals surface area contributed by atoms with Crippen LogP contribution in [-0.4, -0.2) is 16.1 Å². The molecule has 0 spiro atoms. The molecule has 0 unspecified atom stereocenters. The van der Waals surface area contributed by atoms with Gasteiger partial charge in [-0.05, 0) is 12.1 Å². The molecular weight excluding hydrogens is 284 g/mol. The molecule has 21 heavy (non-hydrogen) atoms. The van der Waals surface area contributed by atoms with E-state index in [-0.39, 0.29) is 5.91 Å². The van der Waals surface area contributed by atoms with E-state index in [1.807, 2.05) is 48.5 Å². The van der Waals surface area contributed by atoms with Crippen LogP contribution in [0.1, 0.15) is 10.4 Å². The zero-order valence-electron chi connectivity index (χ0n) is 11.0. The number of carbonyl (C=O) groups is 1. The molecular formula is C15H12N4OS.